The van der Waals surface area contributed by atoms with E-state index in [1.54, 1.807) is 19.1 Å². The zero-order valence-electron chi connectivity index (χ0n) is 12.1. The molecule has 114 valence electrons. The van der Waals surface area contributed by atoms with Crippen molar-refractivity contribution in [3.8, 4) is 5.75 Å². The number of para-hydroxylation sites is 2. The normalized spacial score (nSPS) is 11.1. The van der Waals surface area contributed by atoms with Gasteiger partial charge >= 0.3 is 0 Å². The fourth-order valence-electron chi connectivity index (χ4n) is 1.66. The minimum atomic E-state index is -0.644. The lowest BCUT2D eigenvalue weighted by Gasteiger charge is -2.16. The Morgan fingerprint density at radius 2 is 1.59 bits per heavy atom. The van der Waals surface area contributed by atoms with Crippen LogP contribution < -0.4 is 20.9 Å². The Morgan fingerprint density at radius 1 is 1.00 bits per heavy atom. The van der Waals surface area contributed by atoms with Gasteiger partial charge in [-0.2, -0.15) is 0 Å². The van der Waals surface area contributed by atoms with Crippen LogP contribution in [0.5, 0.6) is 5.75 Å². The summed E-state index contributed by atoms with van der Waals surface area (Å²) in [6.07, 6.45) is -0.644. The van der Waals surface area contributed by atoms with Crippen LogP contribution in [0, 0.1) is 0 Å². The first-order valence-corrected chi connectivity index (χ1v) is 7.19. The fourth-order valence-corrected chi connectivity index (χ4v) is 1.83. The van der Waals surface area contributed by atoms with Gasteiger partial charge in [-0.25, -0.2) is 0 Å². The average Bonchev–Trinajstić information content (AvgIpc) is 2.54. The average molecular weight is 315 g/mol. The molecular weight excluding hydrogens is 298 g/mol. The van der Waals surface area contributed by atoms with Crippen molar-refractivity contribution in [2.24, 2.45) is 0 Å². The smallest absolute Gasteiger partial charge is 0.279 e. The zero-order chi connectivity index (χ0) is 15.8. The lowest BCUT2D eigenvalue weighted by Crippen LogP contribution is -2.48. The molecule has 2 aromatic carbocycles. The molecule has 0 bridgehead atoms. The summed E-state index contributed by atoms with van der Waals surface area (Å²) in [6.45, 7) is 1.66. The molecule has 0 fully saturated rings. The predicted molar refractivity (Wildman–Crippen MR) is 90.5 cm³/mol. The van der Waals surface area contributed by atoms with E-state index in [1.165, 1.54) is 0 Å². The van der Waals surface area contributed by atoms with Gasteiger partial charge in [0, 0.05) is 5.69 Å². The maximum Gasteiger partial charge on any atom is 0.279 e. The van der Waals surface area contributed by atoms with Gasteiger partial charge in [-0.15, -0.1) is 0 Å². The van der Waals surface area contributed by atoms with Crippen molar-refractivity contribution < 1.29 is 9.53 Å². The van der Waals surface area contributed by atoms with Gasteiger partial charge in [-0.3, -0.25) is 15.6 Å². The predicted octanol–water partition coefficient (Wildman–Crippen LogP) is 2.47. The number of rotatable bonds is 4. The van der Waals surface area contributed by atoms with Gasteiger partial charge in [0.1, 0.15) is 5.75 Å². The monoisotopic (exact) mass is 315 g/mol. The number of hydrogen-bond donors (Lipinski definition) is 3. The van der Waals surface area contributed by atoms with E-state index in [-0.39, 0.29) is 5.91 Å². The summed E-state index contributed by atoms with van der Waals surface area (Å²) >= 11 is 5.09. The van der Waals surface area contributed by atoms with Gasteiger partial charge < -0.3 is 10.1 Å². The minimum Gasteiger partial charge on any atom is -0.481 e. The molecule has 0 spiro atoms. The summed E-state index contributed by atoms with van der Waals surface area (Å²) in [6, 6.07) is 18.6. The summed E-state index contributed by atoms with van der Waals surface area (Å²) in [4.78, 5) is 11.9. The van der Waals surface area contributed by atoms with Crippen molar-refractivity contribution in [3.63, 3.8) is 0 Å². The molecule has 0 aliphatic carbocycles. The van der Waals surface area contributed by atoms with Gasteiger partial charge in [0.25, 0.3) is 5.91 Å². The van der Waals surface area contributed by atoms with E-state index in [2.05, 4.69) is 16.2 Å². The standard InChI is InChI=1S/C16H17N3O2S/c1-12(21-14-10-6-3-7-11-14)15(20)18-19-16(22)17-13-8-4-2-5-9-13/h2-12H,1H3,(H,18,20)(H2,17,19,22). The van der Waals surface area contributed by atoms with E-state index < -0.39 is 6.10 Å². The van der Waals surface area contributed by atoms with Crippen molar-refractivity contribution in [1.82, 2.24) is 10.9 Å². The second kappa shape index (κ2) is 7.99. The highest BCUT2D eigenvalue weighted by Gasteiger charge is 2.14. The molecule has 22 heavy (non-hydrogen) atoms. The number of hydrazine groups is 1. The maximum atomic E-state index is 11.9. The van der Waals surface area contributed by atoms with Crippen LogP contribution in [-0.2, 0) is 4.79 Å². The summed E-state index contributed by atoms with van der Waals surface area (Å²) in [5.41, 5.74) is 5.98. The third-order valence-corrected chi connectivity index (χ3v) is 2.96. The quantitative estimate of drug-likeness (QED) is 0.598. The summed E-state index contributed by atoms with van der Waals surface area (Å²) in [5.74, 6) is 0.316. The third kappa shape index (κ3) is 5.06. The lowest BCUT2D eigenvalue weighted by atomic mass is 10.3. The van der Waals surface area contributed by atoms with Crippen LogP contribution in [0.4, 0.5) is 5.69 Å². The van der Waals surface area contributed by atoms with Crippen LogP contribution >= 0.6 is 12.2 Å². The summed E-state index contributed by atoms with van der Waals surface area (Å²) in [5, 5.41) is 3.25. The van der Waals surface area contributed by atoms with Crippen molar-refractivity contribution in [3.05, 3.63) is 60.7 Å². The number of nitrogens with one attached hydrogen (secondary N) is 3. The molecular formula is C16H17N3O2S. The second-order valence-electron chi connectivity index (χ2n) is 4.51. The number of carbonyl (C=O) groups excluding carboxylic acids is 1. The number of ether oxygens (including phenoxy) is 1. The number of amides is 1. The Bertz CT molecular complexity index is 620. The van der Waals surface area contributed by atoms with Crippen molar-refractivity contribution >= 4 is 28.9 Å². The molecule has 2 rings (SSSR count). The second-order valence-corrected chi connectivity index (χ2v) is 4.92. The van der Waals surface area contributed by atoms with Crippen LogP contribution in [0.1, 0.15) is 6.92 Å². The summed E-state index contributed by atoms with van der Waals surface area (Å²) < 4.78 is 5.51. The summed E-state index contributed by atoms with van der Waals surface area (Å²) in [7, 11) is 0. The van der Waals surface area contributed by atoms with E-state index in [0.29, 0.717) is 10.9 Å². The Kier molecular flexibility index (Phi) is 5.73. The number of anilines is 1. The lowest BCUT2D eigenvalue weighted by molar-refractivity contribution is -0.127. The molecule has 0 aliphatic heterocycles. The fraction of sp³-hybridized carbons (Fsp3) is 0.125. The molecule has 1 amide bonds. The van der Waals surface area contributed by atoms with Gasteiger partial charge in [0.2, 0.25) is 0 Å². The van der Waals surface area contributed by atoms with Crippen molar-refractivity contribution in [1.29, 1.82) is 0 Å². The Labute approximate surface area is 134 Å². The third-order valence-electron chi connectivity index (χ3n) is 2.76. The van der Waals surface area contributed by atoms with Crippen LogP contribution in [-0.4, -0.2) is 17.1 Å². The van der Waals surface area contributed by atoms with Crippen LogP contribution in [0.15, 0.2) is 60.7 Å². The van der Waals surface area contributed by atoms with Gasteiger partial charge in [-0.05, 0) is 43.4 Å². The van der Waals surface area contributed by atoms with Gasteiger partial charge in [0.05, 0.1) is 0 Å². The van der Waals surface area contributed by atoms with E-state index in [4.69, 9.17) is 17.0 Å². The highest BCUT2D eigenvalue weighted by Crippen LogP contribution is 2.10. The van der Waals surface area contributed by atoms with Crippen LogP contribution in [0.3, 0.4) is 0 Å². The van der Waals surface area contributed by atoms with E-state index in [9.17, 15) is 4.79 Å². The Hall–Kier alpha value is -2.60. The molecule has 3 N–H and O–H groups in total. The van der Waals surface area contributed by atoms with Crippen LogP contribution in [0.2, 0.25) is 0 Å². The minimum absolute atomic E-state index is 0.298. The van der Waals surface area contributed by atoms with E-state index in [1.807, 2.05) is 48.5 Å². The number of thiocarbonyl (C=S) groups is 1. The number of benzene rings is 2. The molecule has 1 unspecified atom stereocenters. The highest BCUT2D eigenvalue weighted by atomic mass is 32.1. The van der Waals surface area contributed by atoms with Crippen LogP contribution in [0.25, 0.3) is 0 Å². The Balaban J connectivity index is 1.76. The first-order chi connectivity index (χ1) is 10.6. The SMILES string of the molecule is CC(Oc1ccccc1)C(=O)NNC(=S)Nc1ccccc1. The molecule has 2 aromatic rings. The molecule has 0 saturated carbocycles. The first kappa shape index (κ1) is 15.8. The molecule has 0 radical (unpaired) electrons. The van der Waals surface area contributed by atoms with E-state index >= 15 is 0 Å². The molecule has 0 aliphatic rings. The Morgan fingerprint density at radius 3 is 2.23 bits per heavy atom. The van der Waals surface area contributed by atoms with Crippen molar-refractivity contribution in [2.45, 2.75) is 13.0 Å². The van der Waals surface area contributed by atoms with E-state index in [0.717, 1.165) is 5.69 Å². The zero-order valence-corrected chi connectivity index (χ0v) is 12.9. The molecule has 0 heterocycles. The van der Waals surface area contributed by atoms with Gasteiger partial charge in [-0.1, -0.05) is 36.4 Å². The largest absolute Gasteiger partial charge is 0.481 e. The maximum absolute atomic E-state index is 11.9. The molecule has 5 nitrogen and oxygen atoms in total. The topological polar surface area (TPSA) is 62.4 Å². The first-order valence-electron chi connectivity index (χ1n) is 6.79. The molecule has 6 heteroatoms. The molecule has 0 saturated heterocycles. The number of hydrogen-bond acceptors (Lipinski definition) is 3. The van der Waals surface area contributed by atoms with Crippen molar-refractivity contribution in [2.75, 3.05) is 5.32 Å². The number of carbonyl (C=O) groups is 1. The highest BCUT2D eigenvalue weighted by molar-refractivity contribution is 7.80. The van der Waals surface area contributed by atoms with Gasteiger partial charge in [0.15, 0.2) is 11.2 Å². The molecule has 1 atom stereocenters. The molecule has 0 aromatic heterocycles.